The molecule has 1 fully saturated rings. The van der Waals surface area contributed by atoms with E-state index in [1.807, 2.05) is 69.7 Å². The number of rotatable bonds is 7. The highest BCUT2D eigenvalue weighted by Crippen LogP contribution is 2.50. The first kappa shape index (κ1) is 25.9. The molecule has 38 heavy (non-hydrogen) atoms. The average molecular weight is 541 g/mol. The molecule has 9 heteroatoms. The van der Waals surface area contributed by atoms with Crippen LogP contribution in [-0.2, 0) is 11.3 Å². The summed E-state index contributed by atoms with van der Waals surface area (Å²) < 4.78 is 0. The van der Waals surface area contributed by atoms with Crippen molar-refractivity contribution in [1.82, 2.24) is 9.80 Å². The van der Waals surface area contributed by atoms with Gasteiger partial charge in [0, 0.05) is 25.0 Å². The number of nitrogens with zero attached hydrogens (tertiary/aromatic N) is 5. The fourth-order valence-corrected chi connectivity index (χ4v) is 6.52. The van der Waals surface area contributed by atoms with Gasteiger partial charge < -0.3 is 15.1 Å². The molecule has 2 aliphatic rings. The Morgan fingerprint density at radius 1 is 1.03 bits per heavy atom. The van der Waals surface area contributed by atoms with Crippen molar-refractivity contribution in [2.75, 3.05) is 44.4 Å². The Balaban J connectivity index is 1.55. The number of benzene rings is 3. The number of amides is 1. The van der Waals surface area contributed by atoms with Crippen LogP contribution < -0.4 is 10.2 Å². The van der Waals surface area contributed by atoms with E-state index in [0.717, 1.165) is 40.0 Å². The van der Waals surface area contributed by atoms with Gasteiger partial charge in [0.15, 0.2) is 5.17 Å². The number of para-hydroxylation sites is 1. The Morgan fingerprint density at radius 2 is 1.79 bits per heavy atom. The number of fused-ring (bicyclic) bond motifs is 1. The molecule has 0 spiro atoms. The zero-order valence-corrected chi connectivity index (χ0v) is 23.1. The largest absolute Gasteiger partial charge is 0.382 e. The van der Waals surface area contributed by atoms with Crippen LogP contribution in [0.5, 0.6) is 0 Å². The van der Waals surface area contributed by atoms with Gasteiger partial charge in [-0.05, 0) is 61.8 Å². The molecule has 0 unspecified atom stereocenters. The van der Waals surface area contributed by atoms with E-state index < -0.39 is 0 Å². The molecular formula is C29H28N6OS2. The minimum Gasteiger partial charge on any atom is -0.382 e. The van der Waals surface area contributed by atoms with Crippen molar-refractivity contribution in [2.45, 2.75) is 11.4 Å². The molecule has 0 bridgehead atoms. The Labute approximate surface area is 231 Å². The third kappa shape index (κ3) is 5.43. The summed E-state index contributed by atoms with van der Waals surface area (Å²) >= 11 is 3.00. The van der Waals surface area contributed by atoms with E-state index in [4.69, 9.17) is 4.99 Å². The number of hydrogen-bond acceptors (Lipinski definition) is 8. The molecule has 2 aliphatic heterocycles. The van der Waals surface area contributed by atoms with Gasteiger partial charge in [-0.15, -0.1) is 0 Å². The Hall–Kier alpha value is -3.71. The Kier molecular flexibility index (Phi) is 7.74. The Morgan fingerprint density at radius 3 is 2.53 bits per heavy atom. The first-order valence-electron chi connectivity index (χ1n) is 12.2. The van der Waals surface area contributed by atoms with E-state index in [-0.39, 0.29) is 5.91 Å². The number of anilines is 2. The van der Waals surface area contributed by atoms with Gasteiger partial charge in [-0.1, -0.05) is 54.2 Å². The van der Waals surface area contributed by atoms with Crippen LogP contribution in [0.4, 0.5) is 17.1 Å². The highest BCUT2D eigenvalue weighted by molar-refractivity contribution is 8.19. The van der Waals surface area contributed by atoms with E-state index in [0.29, 0.717) is 27.9 Å². The molecule has 0 atom stereocenters. The number of carbonyl (C=O) groups is 1. The molecule has 1 saturated heterocycles. The fourth-order valence-electron chi connectivity index (χ4n) is 4.18. The zero-order chi connectivity index (χ0) is 26.6. The van der Waals surface area contributed by atoms with Crippen LogP contribution in [0.2, 0.25) is 0 Å². The summed E-state index contributed by atoms with van der Waals surface area (Å²) in [6, 6.07) is 25.7. The predicted molar refractivity (Wildman–Crippen MR) is 158 cm³/mol. The first-order chi connectivity index (χ1) is 18.4. The number of thioether (sulfide) groups is 2. The van der Waals surface area contributed by atoms with Crippen molar-refractivity contribution < 1.29 is 4.79 Å². The number of carbonyl (C=O) groups excluding carboxylic acids is 1. The second kappa shape index (κ2) is 11.4. The summed E-state index contributed by atoms with van der Waals surface area (Å²) in [6.07, 6.45) is 0. The van der Waals surface area contributed by atoms with Crippen LogP contribution in [0.15, 0.2) is 92.6 Å². The van der Waals surface area contributed by atoms with Gasteiger partial charge in [0.2, 0.25) is 0 Å². The predicted octanol–water partition coefficient (Wildman–Crippen LogP) is 5.71. The Bertz CT molecular complexity index is 1460. The maximum atomic E-state index is 13.9. The van der Waals surface area contributed by atoms with Crippen molar-refractivity contribution in [3.8, 4) is 6.07 Å². The summed E-state index contributed by atoms with van der Waals surface area (Å²) in [7, 11) is 6.04. The molecule has 192 valence electrons. The van der Waals surface area contributed by atoms with Crippen molar-refractivity contribution in [2.24, 2.45) is 4.99 Å². The van der Waals surface area contributed by atoms with Gasteiger partial charge in [-0.25, -0.2) is 4.99 Å². The summed E-state index contributed by atoms with van der Waals surface area (Å²) in [5.41, 5.74) is 4.09. The minimum absolute atomic E-state index is 0.0710. The van der Waals surface area contributed by atoms with Crippen molar-refractivity contribution >= 4 is 51.7 Å². The van der Waals surface area contributed by atoms with Gasteiger partial charge in [-0.2, -0.15) is 5.26 Å². The molecule has 0 aromatic heterocycles. The van der Waals surface area contributed by atoms with Crippen LogP contribution in [-0.4, -0.2) is 55.1 Å². The maximum Gasteiger partial charge on any atom is 0.269 e. The van der Waals surface area contributed by atoms with Crippen LogP contribution in [0, 0.1) is 11.3 Å². The summed E-state index contributed by atoms with van der Waals surface area (Å²) in [5.74, 6) is -0.0710. The van der Waals surface area contributed by atoms with Crippen LogP contribution in [0.1, 0.15) is 11.1 Å². The van der Waals surface area contributed by atoms with Crippen molar-refractivity contribution in [3.05, 3.63) is 93.9 Å². The van der Waals surface area contributed by atoms with E-state index in [9.17, 15) is 10.1 Å². The lowest BCUT2D eigenvalue weighted by atomic mass is 10.2. The topological polar surface area (TPSA) is 75.0 Å². The lowest BCUT2D eigenvalue weighted by Gasteiger charge is -2.17. The average Bonchev–Trinajstić information content (AvgIpc) is 3.41. The summed E-state index contributed by atoms with van der Waals surface area (Å²) in [6.45, 7) is 1.99. The van der Waals surface area contributed by atoms with Crippen LogP contribution >= 0.6 is 23.5 Å². The number of aliphatic imine (C=N–C) groups is 1. The van der Waals surface area contributed by atoms with Crippen LogP contribution in [0.25, 0.3) is 0 Å². The normalized spacial score (nSPS) is 17.9. The smallest absolute Gasteiger partial charge is 0.269 e. The molecule has 1 amide bonds. The first-order valence-corrected chi connectivity index (χ1v) is 13.9. The molecule has 5 rings (SSSR count). The van der Waals surface area contributed by atoms with E-state index >= 15 is 0 Å². The second-order valence-electron chi connectivity index (χ2n) is 9.21. The third-order valence-electron chi connectivity index (χ3n) is 6.20. The van der Waals surface area contributed by atoms with E-state index in [1.165, 1.54) is 11.8 Å². The number of nitriles is 1. The SMILES string of the molecule is CN(C)CCNc1ccc(C#N)cc1/N=C1\S/C(=C2\Sc3ccccc3N2C)C(=O)N1Cc1ccccc1. The van der Waals surface area contributed by atoms with Crippen molar-refractivity contribution in [3.63, 3.8) is 0 Å². The number of hydrogen-bond donors (Lipinski definition) is 1. The molecule has 3 aromatic carbocycles. The standard InChI is InChI=1S/C29H28N6OS2/c1-33(2)16-15-31-22-14-13-21(18-30)17-23(22)32-29-35(19-20-9-5-4-6-10-20)27(36)26(38-29)28-34(3)24-11-7-8-12-25(24)37-28/h4-14,17,31H,15-16,19H2,1-3H3/b28-26-,32-29-. The number of likely N-dealkylation sites (N-methyl/N-ethyl adjacent to an activating group) is 1. The third-order valence-corrected chi connectivity index (χ3v) is 8.63. The van der Waals surface area contributed by atoms with Gasteiger partial charge in [0.05, 0.1) is 40.3 Å². The molecular weight excluding hydrogens is 512 g/mol. The highest BCUT2D eigenvalue weighted by atomic mass is 32.2. The monoisotopic (exact) mass is 540 g/mol. The second-order valence-corrected chi connectivity index (χ2v) is 11.2. The minimum atomic E-state index is -0.0710. The molecule has 1 N–H and O–H groups in total. The molecule has 7 nitrogen and oxygen atoms in total. The molecule has 0 saturated carbocycles. The van der Waals surface area contributed by atoms with E-state index in [2.05, 4.69) is 33.3 Å². The van der Waals surface area contributed by atoms with Crippen LogP contribution in [0.3, 0.4) is 0 Å². The highest BCUT2D eigenvalue weighted by Gasteiger charge is 2.39. The quantitative estimate of drug-likeness (QED) is 0.385. The van der Waals surface area contributed by atoms with Crippen molar-refractivity contribution in [1.29, 1.82) is 5.26 Å². The summed E-state index contributed by atoms with van der Waals surface area (Å²) in [5, 5.41) is 14.5. The molecule has 0 aliphatic carbocycles. The molecule has 0 radical (unpaired) electrons. The van der Waals surface area contributed by atoms with Gasteiger partial charge in [-0.3, -0.25) is 9.69 Å². The summed E-state index contributed by atoms with van der Waals surface area (Å²) in [4.78, 5) is 26.6. The van der Waals surface area contributed by atoms with Gasteiger partial charge in [0.25, 0.3) is 5.91 Å². The van der Waals surface area contributed by atoms with Gasteiger partial charge >= 0.3 is 0 Å². The molecule has 2 heterocycles. The van der Waals surface area contributed by atoms with Gasteiger partial charge in [0.1, 0.15) is 4.91 Å². The number of nitrogens with one attached hydrogen (secondary N) is 1. The lowest BCUT2D eigenvalue weighted by molar-refractivity contribution is -0.122. The zero-order valence-electron chi connectivity index (χ0n) is 21.5. The maximum absolute atomic E-state index is 13.9. The lowest BCUT2D eigenvalue weighted by Crippen LogP contribution is -2.29. The van der Waals surface area contributed by atoms with E-state index in [1.54, 1.807) is 28.8 Å². The number of amidine groups is 1. The fraction of sp³-hybridized carbons (Fsp3) is 0.207. The molecule has 3 aromatic rings.